The lowest BCUT2D eigenvalue weighted by atomic mass is 9.93. The van der Waals surface area contributed by atoms with Crippen molar-refractivity contribution in [2.45, 2.75) is 33.6 Å². The summed E-state index contributed by atoms with van der Waals surface area (Å²) in [6.07, 6.45) is 3.09. The van der Waals surface area contributed by atoms with Crippen molar-refractivity contribution in [3.8, 4) is 17.2 Å². The number of nitrogens with two attached hydrogens (primary N) is 1. The molecule has 2 amide bonds. The number of carbonyl (C=O) groups is 1. The van der Waals surface area contributed by atoms with Crippen LogP contribution < -0.4 is 36.1 Å². The molecule has 0 aromatic heterocycles. The van der Waals surface area contributed by atoms with Gasteiger partial charge in [-0.2, -0.15) is 0 Å². The summed E-state index contributed by atoms with van der Waals surface area (Å²) >= 11 is 0. The number of allylic oxidation sites excluding steroid dienone is 1. The van der Waals surface area contributed by atoms with Gasteiger partial charge in [0.1, 0.15) is 24.0 Å². The minimum absolute atomic E-state index is 0.0379. The summed E-state index contributed by atoms with van der Waals surface area (Å²) in [5.74, 6) is 6.70. The molecule has 0 aliphatic carbocycles. The maximum Gasteiger partial charge on any atom is 0.324 e. The molecule has 3 rings (SSSR count). The van der Waals surface area contributed by atoms with Gasteiger partial charge in [-0.1, -0.05) is 26.8 Å². The average Bonchev–Trinajstić information content (AvgIpc) is 2.96. The molecule has 2 aromatic carbocycles. The van der Waals surface area contributed by atoms with Crippen LogP contribution in [0.25, 0.3) is 0 Å². The number of aliphatic hydroxyl groups excluding tert-OH is 2. The van der Waals surface area contributed by atoms with E-state index in [1.165, 1.54) is 19.3 Å². The highest BCUT2D eigenvalue weighted by atomic mass is 16.5. The normalized spacial score (nSPS) is 14.5. The van der Waals surface area contributed by atoms with Crippen molar-refractivity contribution in [1.82, 2.24) is 10.2 Å². The summed E-state index contributed by atoms with van der Waals surface area (Å²) in [6.45, 7) is 8.50. The molecule has 13 heteroatoms. The second-order valence-electron chi connectivity index (χ2n) is 11.2. The van der Waals surface area contributed by atoms with Crippen molar-refractivity contribution in [2.75, 3.05) is 50.7 Å². The van der Waals surface area contributed by atoms with Crippen molar-refractivity contribution in [1.29, 1.82) is 10.8 Å². The molecule has 0 radical (unpaired) electrons. The number of nitrogens with one attached hydrogen (secondary N) is 5. The number of amides is 2. The van der Waals surface area contributed by atoms with Gasteiger partial charge in [0.15, 0.2) is 11.5 Å². The van der Waals surface area contributed by atoms with E-state index in [-0.39, 0.29) is 29.8 Å². The summed E-state index contributed by atoms with van der Waals surface area (Å²) in [7, 11) is 1.52. The molecule has 2 aromatic rings. The molecule has 0 saturated carbocycles. The third-order valence-electron chi connectivity index (χ3n) is 6.94. The molecule has 1 aliphatic heterocycles. The fourth-order valence-corrected chi connectivity index (χ4v) is 4.30. The first-order valence-corrected chi connectivity index (χ1v) is 14.0. The fraction of sp³-hybridized carbons (Fsp3) is 0.433. The number of aliphatic hydroxyl groups is 2. The SMILES string of the molecule is COc1cc(NN)c(C(=N)Oc2cccc(NC(=O)NC(=N)/C=C(\O)C(C)(C)C)c2)cc1OCCN1CCC(CO)CC1. The summed E-state index contributed by atoms with van der Waals surface area (Å²) in [4.78, 5) is 14.7. The van der Waals surface area contributed by atoms with Gasteiger partial charge >= 0.3 is 6.03 Å². The van der Waals surface area contributed by atoms with Gasteiger partial charge in [-0.05, 0) is 50.0 Å². The fourth-order valence-electron chi connectivity index (χ4n) is 4.30. The quantitative estimate of drug-likeness (QED) is 0.0619. The third-order valence-corrected chi connectivity index (χ3v) is 6.94. The maximum atomic E-state index is 12.4. The summed E-state index contributed by atoms with van der Waals surface area (Å²) in [5.41, 5.74) is 3.09. The highest BCUT2D eigenvalue weighted by molar-refractivity contribution is 6.06. The molecule has 1 saturated heterocycles. The Labute approximate surface area is 252 Å². The Morgan fingerprint density at radius 3 is 2.51 bits per heavy atom. The lowest BCUT2D eigenvalue weighted by Crippen LogP contribution is -2.37. The lowest BCUT2D eigenvalue weighted by Gasteiger charge is -2.30. The second kappa shape index (κ2) is 15.2. The minimum atomic E-state index is -0.681. The van der Waals surface area contributed by atoms with Crippen LogP contribution >= 0.6 is 0 Å². The van der Waals surface area contributed by atoms with Crippen LogP contribution in [0.15, 0.2) is 48.2 Å². The van der Waals surface area contributed by atoms with E-state index in [1.807, 2.05) is 0 Å². The third kappa shape index (κ3) is 9.87. The first kappa shape index (κ1) is 33.2. The number of benzene rings is 2. The van der Waals surface area contributed by atoms with Crippen LogP contribution in [0.1, 0.15) is 39.2 Å². The van der Waals surface area contributed by atoms with Gasteiger partial charge < -0.3 is 35.2 Å². The number of nitrogens with zero attached hydrogens (tertiary/aromatic N) is 1. The van der Waals surface area contributed by atoms with Crippen molar-refractivity contribution in [3.63, 3.8) is 0 Å². The van der Waals surface area contributed by atoms with E-state index >= 15 is 0 Å². The molecular formula is C30H43N7O6. The molecule has 234 valence electrons. The standard InChI is InChI=1S/C30H43N7O6/c1-30(2,3)26(39)17-27(31)35-29(40)34-20-6-5-7-21(14-20)43-28(32)22-15-25(24(41-4)16-23(22)36-33)42-13-12-37-10-8-19(18-38)9-11-37/h5-7,14-17,19,32,36,38-39H,8-13,18,33H2,1-4H3,(H3,31,34,35,40)/b26-17-,32-28?. The Balaban J connectivity index is 1.65. The van der Waals surface area contributed by atoms with E-state index in [0.29, 0.717) is 47.5 Å². The first-order valence-electron chi connectivity index (χ1n) is 14.0. The highest BCUT2D eigenvalue weighted by Gasteiger charge is 2.20. The molecule has 0 spiro atoms. The Morgan fingerprint density at radius 1 is 1.16 bits per heavy atom. The molecule has 1 aliphatic rings. The zero-order valence-electron chi connectivity index (χ0n) is 25.1. The predicted molar refractivity (Wildman–Crippen MR) is 166 cm³/mol. The van der Waals surface area contributed by atoms with E-state index in [9.17, 15) is 15.0 Å². The van der Waals surface area contributed by atoms with Crippen molar-refractivity contribution >= 4 is 29.1 Å². The molecule has 9 N–H and O–H groups in total. The number of carbonyl (C=O) groups excluding carboxylic acids is 1. The zero-order valence-corrected chi connectivity index (χ0v) is 25.1. The number of ether oxygens (including phenoxy) is 3. The monoisotopic (exact) mass is 597 g/mol. The van der Waals surface area contributed by atoms with Crippen molar-refractivity contribution < 1.29 is 29.2 Å². The molecule has 13 nitrogen and oxygen atoms in total. The summed E-state index contributed by atoms with van der Waals surface area (Å²) in [6, 6.07) is 8.98. The van der Waals surface area contributed by atoms with E-state index in [2.05, 4.69) is 21.0 Å². The van der Waals surface area contributed by atoms with Crippen LogP contribution in [0.4, 0.5) is 16.2 Å². The van der Waals surface area contributed by atoms with E-state index < -0.39 is 11.4 Å². The number of hydrazine groups is 1. The van der Waals surface area contributed by atoms with Crippen LogP contribution in [-0.2, 0) is 0 Å². The molecule has 43 heavy (non-hydrogen) atoms. The number of nitrogen functional groups attached to an aromatic ring is 1. The average molecular weight is 598 g/mol. The van der Waals surface area contributed by atoms with Gasteiger partial charge in [-0.15, -0.1) is 0 Å². The first-order chi connectivity index (χ1) is 20.4. The molecular weight excluding hydrogens is 554 g/mol. The largest absolute Gasteiger partial charge is 0.512 e. The second-order valence-corrected chi connectivity index (χ2v) is 11.2. The van der Waals surface area contributed by atoms with Gasteiger partial charge in [0, 0.05) is 42.5 Å². The molecule has 0 unspecified atom stereocenters. The maximum absolute atomic E-state index is 12.4. The van der Waals surface area contributed by atoms with Crippen molar-refractivity contribution in [2.24, 2.45) is 17.2 Å². The number of hydrogen-bond acceptors (Lipinski definition) is 11. The summed E-state index contributed by atoms with van der Waals surface area (Å²) < 4.78 is 17.3. The minimum Gasteiger partial charge on any atom is -0.512 e. The number of anilines is 2. The van der Waals surface area contributed by atoms with Crippen LogP contribution in [0.2, 0.25) is 0 Å². The van der Waals surface area contributed by atoms with Crippen LogP contribution in [-0.4, -0.2) is 72.8 Å². The number of piperidine rings is 1. The van der Waals surface area contributed by atoms with Gasteiger partial charge in [0.25, 0.3) is 0 Å². The Hall–Kier alpha value is -4.33. The topological polar surface area (TPSA) is 198 Å². The summed E-state index contributed by atoms with van der Waals surface area (Å²) in [5, 5.41) is 40.9. The molecule has 1 fully saturated rings. The number of amidine groups is 1. The number of hydrogen-bond donors (Lipinski definition) is 8. The number of urea groups is 1. The number of likely N-dealkylation sites (tertiary alicyclic amines) is 1. The van der Waals surface area contributed by atoms with Gasteiger partial charge in [-0.25, -0.2) is 4.79 Å². The Bertz CT molecular complexity index is 1320. The smallest absolute Gasteiger partial charge is 0.324 e. The highest BCUT2D eigenvalue weighted by Crippen LogP contribution is 2.34. The molecule has 1 heterocycles. The Kier molecular flexibility index (Phi) is 11.8. The van der Waals surface area contributed by atoms with Crippen LogP contribution in [0.5, 0.6) is 17.2 Å². The van der Waals surface area contributed by atoms with Crippen LogP contribution in [0, 0.1) is 22.2 Å². The van der Waals surface area contributed by atoms with Crippen molar-refractivity contribution in [3.05, 3.63) is 53.8 Å². The van der Waals surface area contributed by atoms with Gasteiger partial charge in [0.2, 0.25) is 5.90 Å². The van der Waals surface area contributed by atoms with Gasteiger partial charge in [-0.3, -0.25) is 26.9 Å². The van der Waals surface area contributed by atoms with E-state index in [1.54, 1.807) is 51.1 Å². The van der Waals surface area contributed by atoms with Crippen LogP contribution in [0.3, 0.4) is 0 Å². The number of rotatable bonds is 11. The predicted octanol–water partition coefficient (Wildman–Crippen LogP) is 4.06. The zero-order chi connectivity index (χ0) is 31.6. The van der Waals surface area contributed by atoms with Gasteiger partial charge in [0.05, 0.1) is 18.4 Å². The Morgan fingerprint density at radius 2 is 1.88 bits per heavy atom. The molecule has 0 atom stereocenters. The van der Waals surface area contributed by atoms with E-state index in [4.69, 9.17) is 30.9 Å². The lowest BCUT2D eigenvalue weighted by molar-refractivity contribution is 0.118. The molecule has 0 bridgehead atoms. The van der Waals surface area contributed by atoms with E-state index in [0.717, 1.165) is 25.9 Å². The number of methoxy groups -OCH3 is 1.